The summed E-state index contributed by atoms with van der Waals surface area (Å²) >= 11 is 0. The fraction of sp³-hybridized carbons (Fsp3) is 0.300. The third kappa shape index (κ3) is 2.23. The normalized spacial score (nSPS) is 11.9. The maximum Gasteiger partial charge on any atom is 0.198 e. The van der Waals surface area contributed by atoms with E-state index in [9.17, 15) is 5.21 Å². The zero-order valence-electron chi connectivity index (χ0n) is 8.25. The standard InChI is InChI=1S/C10H14N2O2/c1-8(2)12(14)10(11-13)9-6-4-3-5-7-9/h3-8,13-14H,1-2H3/b11-10-. The number of hydroxylamine groups is 2. The van der Waals surface area contributed by atoms with E-state index in [0.717, 1.165) is 5.06 Å². The average Bonchev–Trinajstić information content (AvgIpc) is 2.20. The molecule has 1 aromatic rings. The quantitative estimate of drug-likeness (QED) is 0.327. The van der Waals surface area contributed by atoms with Crippen LogP contribution in [-0.2, 0) is 0 Å². The second-order valence-corrected chi connectivity index (χ2v) is 3.23. The van der Waals surface area contributed by atoms with Crippen LogP contribution in [0.5, 0.6) is 0 Å². The van der Waals surface area contributed by atoms with Gasteiger partial charge in [0.1, 0.15) is 0 Å². The summed E-state index contributed by atoms with van der Waals surface area (Å²) in [6, 6.07) is 8.88. The number of rotatable bonds is 2. The van der Waals surface area contributed by atoms with Gasteiger partial charge in [-0.15, -0.1) is 0 Å². The minimum Gasteiger partial charge on any atom is -0.409 e. The molecule has 0 aliphatic heterocycles. The van der Waals surface area contributed by atoms with Crippen molar-refractivity contribution in [2.24, 2.45) is 5.16 Å². The highest BCUT2D eigenvalue weighted by Gasteiger charge is 2.14. The van der Waals surface area contributed by atoms with Crippen LogP contribution in [-0.4, -0.2) is 27.4 Å². The molecule has 0 spiro atoms. The first-order valence-corrected chi connectivity index (χ1v) is 4.42. The van der Waals surface area contributed by atoms with Crippen LogP contribution in [0.2, 0.25) is 0 Å². The summed E-state index contributed by atoms with van der Waals surface area (Å²) < 4.78 is 0. The first-order chi connectivity index (χ1) is 6.66. The maximum absolute atomic E-state index is 9.58. The molecule has 0 aliphatic rings. The molecule has 1 rings (SSSR count). The summed E-state index contributed by atoms with van der Waals surface area (Å²) in [7, 11) is 0. The van der Waals surface area contributed by atoms with Crippen LogP contribution in [0.4, 0.5) is 0 Å². The van der Waals surface area contributed by atoms with E-state index in [0.29, 0.717) is 5.56 Å². The van der Waals surface area contributed by atoms with Gasteiger partial charge in [0, 0.05) is 5.56 Å². The van der Waals surface area contributed by atoms with Gasteiger partial charge < -0.3 is 5.21 Å². The number of hydrogen-bond donors (Lipinski definition) is 2. The van der Waals surface area contributed by atoms with Crippen molar-refractivity contribution in [3.05, 3.63) is 35.9 Å². The molecule has 0 unspecified atom stereocenters. The van der Waals surface area contributed by atoms with E-state index in [1.807, 2.05) is 18.2 Å². The first kappa shape index (κ1) is 10.5. The summed E-state index contributed by atoms with van der Waals surface area (Å²) in [4.78, 5) is 0. The Kier molecular flexibility index (Phi) is 3.48. The highest BCUT2D eigenvalue weighted by Crippen LogP contribution is 2.06. The monoisotopic (exact) mass is 194 g/mol. The third-order valence-electron chi connectivity index (χ3n) is 1.83. The predicted octanol–water partition coefficient (Wildman–Crippen LogP) is 1.92. The lowest BCUT2D eigenvalue weighted by Crippen LogP contribution is -2.34. The SMILES string of the molecule is CC(C)N(O)/C(=N\O)c1ccccc1. The van der Waals surface area contributed by atoms with Crippen molar-refractivity contribution in [3.63, 3.8) is 0 Å². The lowest BCUT2D eigenvalue weighted by molar-refractivity contribution is -0.0440. The second-order valence-electron chi connectivity index (χ2n) is 3.23. The van der Waals surface area contributed by atoms with Gasteiger partial charge in [-0.1, -0.05) is 35.5 Å². The van der Waals surface area contributed by atoms with Crippen LogP contribution >= 0.6 is 0 Å². The van der Waals surface area contributed by atoms with Gasteiger partial charge in [-0.2, -0.15) is 0 Å². The van der Waals surface area contributed by atoms with Gasteiger partial charge in [-0.25, -0.2) is 5.06 Å². The Labute approximate surface area is 83.0 Å². The fourth-order valence-electron chi connectivity index (χ4n) is 1.07. The number of nitrogens with zero attached hydrogens (tertiary/aromatic N) is 2. The Bertz CT molecular complexity index is 309. The largest absolute Gasteiger partial charge is 0.409 e. The Morgan fingerprint density at radius 3 is 2.29 bits per heavy atom. The van der Waals surface area contributed by atoms with Gasteiger partial charge in [-0.3, -0.25) is 5.21 Å². The number of hydrogen-bond acceptors (Lipinski definition) is 3. The fourth-order valence-corrected chi connectivity index (χ4v) is 1.07. The number of benzene rings is 1. The molecule has 0 saturated carbocycles. The molecule has 0 heterocycles. The molecular weight excluding hydrogens is 180 g/mol. The van der Waals surface area contributed by atoms with Gasteiger partial charge in [0.2, 0.25) is 0 Å². The van der Waals surface area contributed by atoms with Gasteiger partial charge >= 0.3 is 0 Å². The molecule has 0 fully saturated rings. The van der Waals surface area contributed by atoms with Crippen molar-refractivity contribution in [1.29, 1.82) is 0 Å². The van der Waals surface area contributed by atoms with Crippen molar-refractivity contribution in [1.82, 2.24) is 5.06 Å². The smallest absolute Gasteiger partial charge is 0.198 e. The van der Waals surface area contributed by atoms with Crippen molar-refractivity contribution in [2.75, 3.05) is 0 Å². The number of oxime groups is 1. The maximum atomic E-state index is 9.58. The summed E-state index contributed by atoms with van der Waals surface area (Å²) in [5, 5.41) is 22.4. The van der Waals surface area contributed by atoms with Gasteiger partial charge in [0.15, 0.2) is 5.84 Å². The van der Waals surface area contributed by atoms with E-state index in [1.165, 1.54) is 0 Å². The average molecular weight is 194 g/mol. The molecular formula is C10H14N2O2. The molecule has 14 heavy (non-hydrogen) atoms. The minimum atomic E-state index is -0.138. The molecule has 0 bridgehead atoms. The zero-order valence-corrected chi connectivity index (χ0v) is 8.25. The highest BCUT2D eigenvalue weighted by atomic mass is 16.5. The van der Waals surface area contributed by atoms with Crippen LogP contribution < -0.4 is 0 Å². The lowest BCUT2D eigenvalue weighted by Gasteiger charge is -2.21. The van der Waals surface area contributed by atoms with Crippen molar-refractivity contribution in [3.8, 4) is 0 Å². The molecule has 0 radical (unpaired) electrons. The summed E-state index contributed by atoms with van der Waals surface area (Å²) in [6.45, 7) is 3.60. The van der Waals surface area contributed by atoms with Crippen molar-refractivity contribution >= 4 is 5.84 Å². The Balaban J connectivity index is 2.95. The molecule has 0 saturated heterocycles. The molecule has 0 aliphatic carbocycles. The molecule has 1 aromatic carbocycles. The van der Waals surface area contributed by atoms with Crippen LogP contribution in [0.1, 0.15) is 19.4 Å². The zero-order chi connectivity index (χ0) is 10.6. The summed E-state index contributed by atoms with van der Waals surface area (Å²) in [5.74, 6) is 0.153. The molecule has 0 aromatic heterocycles. The van der Waals surface area contributed by atoms with E-state index in [2.05, 4.69) is 5.16 Å². The number of amidine groups is 1. The Morgan fingerprint density at radius 2 is 1.86 bits per heavy atom. The molecule has 0 atom stereocenters. The molecule has 76 valence electrons. The van der Waals surface area contributed by atoms with E-state index < -0.39 is 0 Å². The van der Waals surface area contributed by atoms with Crippen LogP contribution in [0, 0.1) is 0 Å². The summed E-state index contributed by atoms with van der Waals surface area (Å²) in [5.41, 5.74) is 0.672. The topological polar surface area (TPSA) is 56.1 Å². The molecule has 4 heteroatoms. The molecule has 2 N–H and O–H groups in total. The highest BCUT2D eigenvalue weighted by molar-refractivity contribution is 5.97. The third-order valence-corrected chi connectivity index (χ3v) is 1.83. The minimum absolute atomic E-state index is 0.138. The Morgan fingerprint density at radius 1 is 1.29 bits per heavy atom. The van der Waals surface area contributed by atoms with E-state index in [4.69, 9.17) is 5.21 Å². The molecule has 4 nitrogen and oxygen atoms in total. The summed E-state index contributed by atoms with van der Waals surface area (Å²) in [6.07, 6.45) is 0. The van der Waals surface area contributed by atoms with Crippen LogP contribution in [0.3, 0.4) is 0 Å². The Hall–Kier alpha value is -1.55. The lowest BCUT2D eigenvalue weighted by atomic mass is 10.2. The van der Waals surface area contributed by atoms with E-state index in [-0.39, 0.29) is 11.9 Å². The van der Waals surface area contributed by atoms with Crippen LogP contribution in [0.25, 0.3) is 0 Å². The predicted molar refractivity (Wildman–Crippen MR) is 53.5 cm³/mol. The first-order valence-electron chi connectivity index (χ1n) is 4.42. The van der Waals surface area contributed by atoms with Crippen molar-refractivity contribution < 1.29 is 10.4 Å². The van der Waals surface area contributed by atoms with Gasteiger partial charge in [-0.05, 0) is 13.8 Å². The van der Waals surface area contributed by atoms with Gasteiger partial charge in [0.25, 0.3) is 0 Å². The van der Waals surface area contributed by atoms with Gasteiger partial charge in [0.05, 0.1) is 6.04 Å². The van der Waals surface area contributed by atoms with E-state index in [1.54, 1.807) is 26.0 Å². The van der Waals surface area contributed by atoms with E-state index >= 15 is 0 Å². The van der Waals surface area contributed by atoms with Crippen molar-refractivity contribution in [2.45, 2.75) is 19.9 Å². The second kappa shape index (κ2) is 4.62. The molecule has 0 amide bonds. The van der Waals surface area contributed by atoms with Crippen LogP contribution in [0.15, 0.2) is 35.5 Å².